The monoisotopic (exact) mass is 436 g/mol. The van der Waals surface area contributed by atoms with Crippen LogP contribution in [0, 0.1) is 10.1 Å². The highest BCUT2D eigenvalue weighted by molar-refractivity contribution is 7.88. The van der Waals surface area contributed by atoms with Crippen LogP contribution in [0.4, 0.5) is 32.0 Å². The third kappa shape index (κ3) is 4.63. The number of amides is 1. The van der Waals surface area contributed by atoms with Gasteiger partial charge in [-0.05, 0) is 30.9 Å². The summed E-state index contributed by atoms with van der Waals surface area (Å²) in [4.78, 5) is 21.2. The Hall–Kier alpha value is -2.58. The Bertz CT molecular complexity index is 911. The predicted octanol–water partition coefficient (Wildman–Crippen LogP) is 2.36. The molecule has 156 valence electrons. The maximum atomic E-state index is 12.4. The van der Waals surface area contributed by atoms with Crippen molar-refractivity contribution in [1.29, 1.82) is 0 Å². The molecule has 1 aliphatic carbocycles. The average molecular weight is 436 g/mol. The van der Waals surface area contributed by atoms with Crippen molar-refractivity contribution in [2.24, 2.45) is 0 Å². The van der Waals surface area contributed by atoms with Gasteiger partial charge >= 0.3 is 27.7 Å². The number of nitrogens with zero attached hydrogens (tertiary/aromatic N) is 1. The van der Waals surface area contributed by atoms with Crippen LogP contribution in [-0.2, 0) is 27.8 Å². The van der Waals surface area contributed by atoms with Crippen molar-refractivity contribution in [2.45, 2.75) is 37.0 Å². The summed E-state index contributed by atoms with van der Waals surface area (Å²) in [6, 6.07) is 0.115. The summed E-state index contributed by atoms with van der Waals surface area (Å²) in [5.41, 5.74) is -6.65. The molecule has 15 heteroatoms. The largest absolute Gasteiger partial charge is 0.534 e. The molecule has 0 saturated heterocycles. The molecule has 0 aliphatic heterocycles. The zero-order chi connectivity index (χ0) is 21.5. The molecule has 28 heavy (non-hydrogen) atoms. The van der Waals surface area contributed by atoms with E-state index < -0.39 is 56.5 Å². The second-order valence-corrected chi connectivity index (χ2v) is 7.27. The summed E-state index contributed by atoms with van der Waals surface area (Å²) in [6.45, 7) is 0. The van der Waals surface area contributed by atoms with Gasteiger partial charge in [0.2, 0.25) is 0 Å². The Morgan fingerprint density at radius 2 is 1.82 bits per heavy atom. The van der Waals surface area contributed by atoms with E-state index in [2.05, 4.69) is 4.18 Å². The first-order valence-electron chi connectivity index (χ1n) is 7.30. The van der Waals surface area contributed by atoms with Crippen LogP contribution in [0.25, 0.3) is 0 Å². The van der Waals surface area contributed by atoms with Gasteiger partial charge in [0.15, 0.2) is 0 Å². The fraction of sp³-hybridized carbons (Fsp3) is 0.462. The van der Waals surface area contributed by atoms with Gasteiger partial charge in [0, 0.05) is 11.6 Å². The number of nitro benzene ring substituents is 1. The van der Waals surface area contributed by atoms with E-state index in [-0.39, 0.29) is 24.0 Å². The van der Waals surface area contributed by atoms with E-state index >= 15 is 0 Å². The minimum atomic E-state index is -6.11. The number of hydrogen-bond donors (Lipinski definition) is 1. The minimum absolute atomic E-state index is 0.000681. The number of halogens is 6. The van der Waals surface area contributed by atoms with Gasteiger partial charge in [-0.25, -0.2) is 0 Å². The smallest absolute Gasteiger partial charge is 0.376 e. The highest BCUT2D eigenvalue weighted by atomic mass is 32.2. The lowest BCUT2D eigenvalue weighted by Crippen LogP contribution is -2.45. The zero-order valence-electron chi connectivity index (χ0n) is 13.4. The predicted molar refractivity (Wildman–Crippen MR) is 78.7 cm³/mol. The van der Waals surface area contributed by atoms with Crippen molar-refractivity contribution in [2.75, 3.05) is 0 Å². The lowest BCUT2D eigenvalue weighted by molar-refractivity contribution is -0.385. The second-order valence-electron chi connectivity index (χ2n) is 5.73. The molecular weight excluding hydrogens is 426 g/mol. The van der Waals surface area contributed by atoms with E-state index in [1.807, 2.05) is 0 Å². The molecule has 1 N–H and O–H groups in total. The highest BCUT2D eigenvalue weighted by Crippen LogP contribution is 2.36. The van der Waals surface area contributed by atoms with Crippen molar-refractivity contribution in [3.05, 3.63) is 33.4 Å². The number of rotatable bonds is 4. The summed E-state index contributed by atoms with van der Waals surface area (Å²) in [5, 5.41) is 12.8. The number of nitrogens with one attached hydrogen (secondary N) is 1. The maximum absolute atomic E-state index is 12.4. The average Bonchev–Trinajstić information content (AvgIpc) is 2.51. The van der Waals surface area contributed by atoms with E-state index in [1.54, 1.807) is 5.32 Å². The summed E-state index contributed by atoms with van der Waals surface area (Å²) < 4.78 is 100. The number of benzene rings is 1. The van der Waals surface area contributed by atoms with Gasteiger partial charge in [0.05, 0.1) is 11.0 Å². The van der Waals surface area contributed by atoms with Crippen LogP contribution in [0.2, 0.25) is 0 Å². The lowest BCUT2D eigenvalue weighted by Gasteiger charge is -2.26. The Morgan fingerprint density at radius 3 is 2.32 bits per heavy atom. The van der Waals surface area contributed by atoms with Crippen molar-refractivity contribution >= 4 is 21.7 Å². The molecule has 0 bridgehead atoms. The molecule has 0 saturated carbocycles. The number of carbonyl (C=O) groups is 1. The van der Waals surface area contributed by atoms with Crippen molar-refractivity contribution in [3.63, 3.8) is 0 Å². The summed E-state index contributed by atoms with van der Waals surface area (Å²) >= 11 is 0. The molecule has 8 nitrogen and oxygen atoms in total. The Morgan fingerprint density at radius 1 is 1.21 bits per heavy atom. The number of fused-ring (bicyclic) bond motifs is 1. The van der Waals surface area contributed by atoms with Crippen LogP contribution in [0.5, 0.6) is 5.75 Å². The zero-order valence-corrected chi connectivity index (χ0v) is 14.2. The van der Waals surface area contributed by atoms with Crippen LogP contribution in [-0.4, -0.2) is 37.0 Å². The summed E-state index contributed by atoms with van der Waals surface area (Å²) in [6.07, 6.45) is -5.84. The van der Waals surface area contributed by atoms with E-state index in [4.69, 9.17) is 0 Å². The van der Waals surface area contributed by atoms with Gasteiger partial charge in [-0.15, -0.1) is 0 Å². The molecule has 0 heterocycles. The van der Waals surface area contributed by atoms with Crippen molar-refractivity contribution < 1.29 is 48.7 Å². The first kappa shape index (κ1) is 21.7. The van der Waals surface area contributed by atoms with E-state index in [1.165, 1.54) is 0 Å². The molecule has 0 unspecified atom stereocenters. The van der Waals surface area contributed by atoms with Gasteiger partial charge in [-0.1, -0.05) is 0 Å². The fourth-order valence-electron chi connectivity index (χ4n) is 2.62. The number of hydrogen-bond acceptors (Lipinski definition) is 6. The molecular formula is C13H10F6N2O6S. The maximum Gasteiger partial charge on any atom is 0.534 e. The minimum Gasteiger partial charge on any atom is -0.376 e. The van der Waals surface area contributed by atoms with Crippen LogP contribution in [0.15, 0.2) is 12.1 Å². The third-order valence-electron chi connectivity index (χ3n) is 3.78. The molecule has 0 aromatic heterocycles. The number of carbonyl (C=O) groups excluding carboxylic acids is 1. The third-order valence-corrected chi connectivity index (χ3v) is 4.76. The Kier molecular flexibility index (Phi) is 5.51. The van der Waals surface area contributed by atoms with Gasteiger partial charge in [0.25, 0.3) is 5.69 Å². The van der Waals surface area contributed by atoms with Crippen LogP contribution >= 0.6 is 0 Å². The first-order valence-corrected chi connectivity index (χ1v) is 8.71. The molecule has 0 radical (unpaired) electrons. The molecule has 1 aromatic rings. The molecule has 2 rings (SSSR count). The number of alkyl halides is 6. The van der Waals surface area contributed by atoms with Gasteiger partial charge in [0.1, 0.15) is 5.75 Å². The highest BCUT2D eigenvalue weighted by Gasteiger charge is 2.49. The molecule has 1 atom stereocenters. The van der Waals surface area contributed by atoms with Crippen LogP contribution in [0.3, 0.4) is 0 Å². The molecule has 0 spiro atoms. The number of nitro groups is 1. The van der Waals surface area contributed by atoms with Gasteiger partial charge < -0.3 is 9.50 Å². The standard InChI is InChI=1S/C13H10F6N2O6S/c14-12(15,16)11(22)20-7-1-2-9-6(3-7)4-8(5-10(9)21(23)24)27-28(25,26)13(17,18)19/h4-5,7H,1-3H2,(H,20,22)/t7-/m0/s1. The van der Waals surface area contributed by atoms with E-state index in [0.29, 0.717) is 6.07 Å². The fourth-order valence-corrected chi connectivity index (χ4v) is 3.06. The SMILES string of the molecule is O=C(N[C@H]1CCc2c(cc(OS(=O)(=O)C(F)(F)F)cc2[N+](=O)[O-])C1)C(F)(F)F. The quantitative estimate of drug-likeness (QED) is 0.255. The normalized spacial score (nSPS) is 17.6. The molecule has 1 aromatic carbocycles. The first-order chi connectivity index (χ1) is 12.6. The Labute approximate surface area is 152 Å². The summed E-state index contributed by atoms with van der Waals surface area (Å²) in [5.74, 6) is -3.27. The topological polar surface area (TPSA) is 116 Å². The van der Waals surface area contributed by atoms with Crippen LogP contribution in [0.1, 0.15) is 17.5 Å². The Balaban J connectivity index is 2.37. The van der Waals surface area contributed by atoms with Crippen LogP contribution < -0.4 is 9.50 Å². The van der Waals surface area contributed by atoms with Gasteiger partial charge in [-0.2, -0.15) is 34.8 Å². The molecule has 1 amide bonds. The van der Waals surface area contributed by atoms with Crippen molar-refractivity contribution in [3.8, 4) is 5.75 Å². The van der Waals surface area contributed by atoms with Crippen molar-refractivity contribution in [1.82, 2.24) is 5.32 Å². The molecule has 1 aliphatic rings. The van der Waals surface area contributed by atoms with Gasteiger partial charge in [-0.3, -0.25) is 14.9 Å². The second kappa shape index (κ2) is 7.10. The van der Waals surface area contributed by atoms with E-state index in [0.717, 1.165) is 6.07 Å². The summed E-state index contributed by atoms with van der Waals surface area (Å²) in [7, 11) is -6.11. The lowest BCUT2D eigenvalue weighted by atomic mass is 9.87. The van der Waals surface area contributed by atoms with E-state index in [9.17, 15) is 49.7 Å². The molecule has 0 fully saturated rings.